The zero-order chi connectivity index (χ0) is 14.4. The van der Waals surface area contributed by atoms with Crippen LogP contribution in [0.1, 0.15) is 17.2 Å². The van der Waals surface area contributed by atoms with Crippen molar-refractivity contribution in [2.45, 2.75) is 18.8 Å². The second kappa shape index (κ2) is 7.05. The van der Waals surface area contributed by atoms with Gasteiger partial charge in [0.05, 0.1) is 6.61 Å². The van der Waals surface area contributed by atoms with E-state index in [1.807, 2.05) is 30.3 Å². The van der Waals surface area contributed by atoms with Crippen LogP contribution in [0.3, 0.4) is 0 Å². The lowest BCUT2D eigenvalue weighted by molar-refractivity contribution is -0.0152. The van der Waals surface area contributed by atoms with E-state index in [1.165, 1.54) is 0 Å². The second-order valence-corrected chi connectivity index (χ2v) is 4.54. The monoisotopic (exact) mass is 274 g/mol. The molecule has 0 unspecified atom stereocenters. The highest BCUT2D eigenvalue weighted by Gasteiger charge is 2.16. The van der Waals surface area contributed by atoms with Gasteiger partial charge in [0.2, 0.25) is 0 Å². The Kier molecular flexibility index (Phi) is 5.12. The highest BCUT2D eigenvalue weighted by molar-refractivity contribution is 5.29. The summed E-state index contributed by atoms with van der Waals surface area (Å²) in [5.41, 5.74) is 1.62. The predicted octanol–water partition coefficient (Wildman–Crippen LogP) is 1.65. The molecule has 0 spiro atoms. The van der Waals surface area contributed by atoms with Crippen LogP contribution >= 0.6 is 0 Å². The van der Waals surface area contributed by atoms with Crippen molar-refractivity contribution < 1.29 is 20.1 Å². The fourth-order valence-corrected chi connectivity index (χ4v) is 1.82. The molecule has 0 bridgehead atoms. The molecule has 0 aliphatic carbocycles. The molecule has 4 nitrogen and oxygen atoms in total. The quantitative estimate of drug-likeness (QED) is 0.749. The lowest BCUT2D eigenvalue weighted by Crippen LogP contribution is -2.21. The Labute approximate surface area is 117 Å². The SMILES string of the molecule is OC[C@@H](O)[C@H](O)c1ccc(OCc2ccccc2)cc1. The van der Waals surface area contributed by atoms with Crippen LogP contribution in [0, 0.1) is 0 Å². The molecule has 2 aromatic rings. The fourth-order valence-electron chi connectivity index (χ4n) is 1.82. The van der Waals surface area contributed by atoms with Gasteiger partial charge in [0.25, 0.3) is 0 Å². The summed E-state index contributed by atoms with van der Waals surface area (Å²) in [6, 6.07) is 16.6. The molecule has 2 aromatic carbocycles. The lowest BCUT2D eigenvalue weighted by Gasteiger charge is -2.16. The zero-order valence-corrected chi connectivity index (χ0v) is 11.0. The van der Waals surface area contributed by atoms with Gasteiger partial charge >= 0.3 is 0 Å². The van der Waals surface area contributed by atoms with E-state index < -0.39 is 18.8 Å². The minimum atomic E-state index is -1.17. The van der Waals surface area contributed by atoms with Crippen LogP contribution < -0.4 is 4.74 Å². The topological polar surface area (TPSA) is 69.9 Å². The summed E-state index contributed by atoms with van der Waals surface area (Å²) in [6.07, 6.45) is -2.27. The van der Waals surface area contributed by atoms with Crippen LogP contribution in [0.4, 0.5) is 0 Å². The summed E-state index contributed by atoms with van der Waals surface area (Å²) in [5, 5.41) is 27.9. The van der Waals surface area contributed by atoms with Crippen LogP contribution in [0.5, 0.6) is 5.75 Å². The third-order valence-electron chi connectivity index (χ3n) is 3.02. The van der Waals surface area contributed by atoms with Crippen LogP contribution in [0.25, 0.3) is 0 Å². The van der Waals surface area contributed by atoms with E-state index >= 15 is 0 Å². The van der Waals surface area contributed by atoms with Crippen molar-refractivity contribution in [3.05, 3.63) is 65.7 Å². The third-order valence-corrected chi connectivity index (χ3v) is 3.02. The van der Waals surface area contributed by atoms with E-state index in [0.717, 1.165) is 5.56 Å². The molecule has 4 heteroatoms. The molecule has 0 amide bonds. The Bertz CT molecular complexity index is 510. The molecule has 0 aliphatic heterocycles. The van der Waals surface area contributed by atoms with E-state index in [0.29, 0.717) is 17.9 Å². The highest BCUT2D eigenvalue weighted by Crippen LogP contribution is 2.21. The Morgan fingerprint density at radius 2 is 1.55 bits per heavy atom. The molecule has 106 valence electrons. The first-order chi connectivity index (χ1) is 9.70. The molecular formula is C16H18O4. The normalized spacial score (nSPS) is 13.8. The van der Waals surface area contributed by atoms with Crippen LogP contribution in [0.15, 0.2) is 54.6 Å². The van der Waals surface area contributed by atoms with E-state index in [9.17, 15) is 10.2 Å². The molecule has 0 aliphatic rings. The van der Waals surface area contributed by atoms with Gasteiger partial charge in [-0.1, -0.05) is 42.5 Å². The van der Waals surface area contributed by atoms with E-state index in [-0.39, 0.29) is 0 Å². The maximum atomic E-state index is 9.74. The van der Waals surface area contributed by atoms with E-state index in [2.05, 4.69) is 0 Å². The molecule has 3 N–H and O–H groups in total. The maximum Gasteiger partial charge on any atom is 0.119 e. The summed E-state index contributed by atoms with van der Waals surface area (Å²) >= 11 is 0. The van der Waals surface area contributed by atoms with Gasteiger partial charge in [-0.15, -0.1) is 0 Å². The summed E-state index contributed by atoms with van der Waals surface area (Å²) in [5.74, 6) is 0.684. The van der Waals surface area contributed by atoms with Gasteiger partial charge in [0, 0.05) is 0 Å². The highest BCUT2D eigenvalue weighted by atomic mass is 16.5. The number of hydrogen-bond acceptors (Lipinski definition) is 4. The standard InChI is InChI=1S/C16H18O4/c17-10-15(18)16(19)13-6-8-14(9-7-13)20-11-12-4-2-1-3-5-12/h1-9,15-19H,10-11H2/t15-,16-/m1/s1. The molecule has 0 aromatic heterocycles. The number of aliphatic hydroxyl groups excluding tert-OH is 3. The molecule has 0 fully saturated rings. The maximum absolute atomic E-state index is 9.74. The van der Waals surface area contributed by atoms with Crippen LogP contribution in [-0.2, 0) is 6.61 Å². The average Bonchev–Trinajstić information content (AvgIpc) is 2.53. The summed E-state index contributed by atoms with van der Waals surface area (Å²) < 4.78 is 5.62. The number of ether oxygens (including phenoxy) is 1. The van der Waals surface area contributed by atoms with Gasteiger partial charge in [0.15, 0.2) is 0 Å². The van der Waals surface area contributed by atoms with E-state index in [1.54, 1.807) is 24.3 Å². The first-order valence-electron chi connectivity index (χ1n) is 6.44. The molecule has 0 radical (unpaired) electrons. The zero-order valence-electron chi connectivity index (χ0n) is 11.0. The first-order valence-corrected chi connectivity index (χ1v) is 6.44. The Morgan fingerprint density at radius 3 is 2.15 bits per heavy atom. The van der Waals surface area contributed by atoms with Crippen molar-refractivity contribution in [3.63, 3.8) is 0 Å². The van der Waals surface area contributed by atoms with Crippen molar-refractivity contribution >= 4 is 0 Å². The van der Waals surface area contributed by atoms with Gasteiger partial charge in [-0.05, 0) is 23.3 Å². The average molecular weight is 274 g/mol. The Hall–Kier alpha value is -1.88. The Balaban J connectivity index is 1.95. The molecule has 0 saturated carbocycles. The van der Waals surface area contributed by atoms with Crippen molar-refractivity contribution in [1.82, 2.24) is 0 Å². The molecular weight excluding hydrogens is 256 g/mol. The molecule has 20 heavy (non-hydrogen) atoms. The van der Waals surface area contributed by atoms with Gasteiger partial charge in [-0.25, -0.2) is 0 Å². The largest absolute Gasteiger partial charge is 0.489 e. The molecule has 2 atom stereocenters. The predicted molar refractivity (Wildman–Crippen MR) is 75.3 cm³/mol. The molecule has 2 rings (SSSR count). The fraction of sp³-hybridized carbons (Fsp3) is 0.250. The second-order valence-electron chi connectivity index (χ2n) is 4.54. The lowest BCUT2D eigenvalue weighted by atomic mass is 10.1. The van der Waals surface area contributed by atoms with Gasteiger partial charge in [-0.2, -0.15) is 0 Å². The van der Waals surface area contributed by atoms with Crippen LogP contribution in [0.2, 0.25) is 0 Å². The number of benzene rings is 2. The summed E-state index contributed by atoms with van der Waals surface area (Å²) in [7, 11) is 0. The minimum Gasteiger partial charge on any atom is -0.489 e. The van der Waals surface area contributed by atoms with Gasteiger partial charge in [0.1, 0.15) is 24.6 Å². The summed E-state index contributed by atoms with van der Waals surface area (Å²) in [6.45, 7) is -0.00453. The minimum absolute atomic E-state index is 0.474. The van der Waals surface area contributed by atoms with Crippen molar-refractivity contribution in [2.24, 2.45) is 0 Å². The number of aliphatic hydroxyl groups is 3. The Morgan fingerprint density at radius 1 is 0.900 bits per heavy atom. The van der Waals surface area contributed by atoms with Crippen molar-refractivity contribution in [3.8, 4) is 5.75 Å². The molecule has 0 heterocycles. The number of rotatable bonds is 6. The summed E-state index contributed by atoms with van der Waals surface area (Å²) in [4.78, 5) is 0. The van der Waals surface area contributed by atoms with Gasteiger partial charge < -0.3 is 20.1 Å². The van der Waals surface area contributed by atoms with Gasteiger partial charge in [-0.3, -0.25) is 0 Å². The third kappa shape index (κ3) is 3.81. The van der Waals surface area contributed by atoms with Crippen molar-refractivity contribution in [2.75, 3.05) is 6.61 Å². The first kappa shape index (κ1) is 14.5. The molecule has 0 saturated heterocycles. The van der Waals surface area contributed by atoms with Crippen LogP contribution in [-0.4, -0.2) is 28.0 Å². The van der Waals surface area contributed by atoms with E-state index in [4.69, 9.17) is 9.84 Å². The smallest absolute Gasteiger partial charge is 0.119 e. The number of hydrogen-bond donors (Lipinski definition) is 3. The van der Waals surface area contributed by atoms with Crippen molar-refractivity contribution in [1.29, 1.82) is 0 Å².